The Hall–Kier alpha value is -2.54. The Labute approximate surface area is 237 Å². The molecule has 0 aliphatic carbocycles. The van der Waals surface area contributed by atoms with Crippen LogP contribution in [0.4, 0.5) is 0 Å². The van der Waals surface area contributed by atoms with E-state index in [1.54, 1.807) is 18.2 Å². The lowest BCUT2D eigenvalue weighted by atomic mass is 10.0. The second-order valence-electron chi connectivity index (χ2n) is 8.88. The largest absolute Gasteiger partial charge is 0.484 e. The molecular formula is C29H31BrCl2N2O3. The summed E-state index contributed by atoms with van der Waals surface area (Å²) >= 11 is 16.5. The van der Waals surface area contributed by atoms with Crippen molar-refractivity contribution >= 4 is 50.9 Å². The summed E-state index contributed by atoms with van der Waals surface area (Å²) < 4.78 is 6.91. The summed E-state index contributed by atoms with van der Waals surface area (Å²) in [4.78, 5) is 28.6. The van der Waals surface area contributed by atoms with Crippen LogP contribution in [0.2, 0.25) is 10.0 Å². The maximum atomic E-state index is 13.7. The van der Waals surface area contributed by atoms with E-state index >= 15 is 0 Å². The molecule has 0 unspecified atom stereocenters. The van der Waals surface area contributed by atoms with E-state index in [9.17, 15) is 9.59 Å². The molecule has 0 saturated heterocycles. The van der Waals surface area contributed by atoms with Crippen LogP contribution in [0.5, 0.6) is 5.75 Å². The zero-order valence-corrected chi connectivity index (χ0v) is 24.3. The van der Waals surface area contributed by atoms with Crippen LogP contribution < -0.4 is 10.1 Å². The van der Waals surface area contributed by atoms with E-state index in [1.807, 2.05) is 63.2 Å². The molecule has 0 aliphatic heterocycles. The minimum atomic E-state index is -0.786. The lowest BCUT2D eigenvalue weighted by Crippen LogP contribution is -2.51. The smallest absolute Gasteiger partial charge is 0.261 e. The topological polar surface area (TPSA) is 58.6 Å². The van der Waals surface area contributed by atoms with Crippen molar-refractivity contribution in [2.45, 2.75) is 46.2 Å². The molecule has 3 aromatic rings. The van der Waals surface area contributed by atoms with E-state index in [4.69, 9.17) is 27.9 Å². The Bertz CT molecular complexity index is 1190. The van der Waals surface area contributed by atoms with E-state index in [1.165, 1.54) is 4.90 Å². The molecule has 0 bridgehead atoms. The van der Waals surface area contributed by atoms with Gasteiger partial charge in [-0.05, 0) is 61.2 Å². The predicted molar refractivity (Wildman–Crippen MR) is 153 cm³/mol. The highest BCUT2D eigenvalue weighted by molar-refractivity contribution is 9.10. The third kappa shape index (κ3) is 7.97. The van der Waals surface area contributed by atoms with Crippen LogP contribution >= 0.6 is 39.1 Å². The molecule has 0 aliphatic rings. The molecule has 3 rings (SSSR count). The Balaban J connectivity index is 1.95. The van der Waals surface area contributed by atoms with Crippen LogP contribution in [0, 0.1) is 13.8 Å². The molecule has 8 heteroatoms. The van der Waals surface area contributed by atoms with Crippen LogP contribution in [0.25, 0.3) is 0 Å². The van der Waals surface area contributed by atoms with Gasteiger partial charge in [0.05, 0.1) is 0 Å². The molecule has 1 atom stereocenters. The first-order chi connectivity index (χ1) is 17.7. The molecule has 1 N–H and O–H groups in total. The van der Waals surface area contributed by atoms with Crippen molar-refractivity contribution in [3.63, 3.8) is 0 Å². The van der Waals surface area contributed by atoms with Crippen LogP contribution in [-0.4, -0.2) is 35.9 Å². The van der Waals surface area contributed by atoms with E-state index in [0.29, 0.717) is 34.3 Å². The van der Waals surface area contributed by atoms with Gasteiger partial charge in [0.2, 0.25) is 5.91 Å². The van der Waals surface area contributed by atoms with Crippen molar-refractivity contribution in [1.29, 1.82) is 0 Å². The summed E-state index contributed by atoms with van der Waals surface area (Å²) in [5, 5.41) is 3.81. The molecule has 0 aromatic heterocycles. The number of amides is 2. The number of halogens is 3. The lowest BCUT2D eigenvalue weighted by molar-refractivity contribution is -0.142. The van der Waals surface area contributed by atoms with E-state index < -0.39 is 6.04 Å². The number of hydrogen-bond acceptors (Lipinski definition) is 3. The SMILES string of the molecule is CCCNC(=O)[C@H](Cc1ccccc1)N(Cc1c(Cl)cccc1Cl)C(=O)COc1cc(C)c(Br)c(C)c1. The highest BCUT2D eigenvalue weighted by atomic mass is 79.9. The van der Waals surface area contributed by atoms with Gasteiger partial charge in [-0.3, -0.25) is 9.59 Å². The van der Waals surface area contributed by atoms with Crippen molar-refractivity contribution in [2.24, 2.45) is 0 Å². The van der Waals surface area contributed by atoms with Crippen LogP contribution in [0.3, 0.4) is 0 Å². The number of rotatable bonds is 11. The molecule has 3 aromatic carbocycles. The third-order valence-electron chi connectivity index (χ3n) is 5.98. The van der Waals surface area contributed by atoms with Crippen LogP contribution in [0.15, 0.2) is 65.1 Å². The number of ether oxygens (including phenoxy) is 1. The second-order valence-corrected chi connectivity index (χ2v) is 10.5. The summed E-state index contributed by atoms with van der Waals surface area (Å²) in [6.07, 6.45) is 1.11. The first kappa shape index (κ1) is 29.0. The van der Waals surface area contributed by atoms with Gasteiger partial charge in [0.15, 0.2) is 6.61 Å². The zero-order valence-electron chi connectivity index (χ0n) is 21.2. The molecular weight excluding hydrogens is 575 g/mol. The average molecular weight is 606 g/mol. The zero-order chi connectivity index (χ0) is 26.9. The minimum absolute atomic E-state index is 0.0656. The Morgan fingerprint density at radius 1 is 1.00 bits per heavy atom. The Morgan fingerprint density at radius 2 is 1.62 bits per heavy atom. The summed E-state index contributed by atoms with van der Waals surface area (Å²) in [6.45, 7) is 6.24. The van der Waals surface area contributed by atoms with Crippen LogP contribution in [-0.2, 0) is 22.6 Å². The van der Waals surface area contributed by atoms with Gasteiger partial charge in [-0.15, -0.1) is 0 Å². The van der Waals surface area contributed by atoms with Gasteiger partial charge in [-0.2, -0.15) is 0 Å². The first-order valence-corrected chi connectivity index (χ1v) is 13.7. The molecule has 37 heavy (non-hydrogen) atoms. The normalized spacial score (nSPS) is 11.6. The van der Waals surface area contributed by atoms with Crippen LogP contribution in [0.1, 0.15) is 35.6 Å². The summed E-state index contributed by atoms with van der Waals surface area (Å²) in [5.41, 5.74) is 3.52. The fraction of sp³-hybridized carbons (Fsp3) is 0.310. The number of aryl methyl sites for hydroxylation is 2. The Kier molecular flexibility index (Phi) is 10.9. The molecule has 196 valence electrons. The molecule has 2 amide bonds. The third-order valence-corrected chi connectivity index (χ3v) is 7.94. The molecule has 0 saturated carbocycles. The monoisotopic (exact) mass is 604 g/mol. The van der Waals surface area contributed by atoms with E-state index in [2.05, 4.69) is 21.2 Å². The maximum absolute atomic E-state index is 13.7. The highest BCUT2D eigenvalue weighted by Crippen LogP contribution is 2.28. The predicted octanol–water partition coefficient (Wildman–Crippen LogP) is 6.92. The van der Waals surface area contributed by atoms with Gasteiger partial charge >= 0.3 is 0 Å². The number of nitrogens with one attached hydrogen (secondary N) is 1. The fourth-order valence-electron chi connectivity index (χ4n) is 3.99. The molecule has 5 nitrogen and oxygen atoms in total. The second kappa shape index (κ2) is 13.8. The number of nitrogens with zero attached hydrogens (tertiary/aromatic N) is 1. The molecule has 0 radical (unpaired) electrons. The summed E-state index contributed by atoms with van der Waals surface area (Å²) in [6, 6.07) is 17.8. The van der Waals surface area contributed by atoms with E-state index in [-0.39, 0.29) is 25.0 Å². The number of benzene rings is 3. The highest BCUT2D eigenvalue weighted by Gasteiger charge is 2.31. The number of carbonyl (C=O) groups excluding carboxylic acids is 2. The van der Waals surface area contributed by atoms with E-state index in [0.717, 1.165) is 27.6 Å². The van der Waals surface area contributed by atoms with Gasteiger partial charge in [-0.1, -0.05) is 82.5 Å². The molecule has 0 spiro atoms. The van der Waals surface area contributed by atoms with Crippen molar-refractivity contribution < 1.29 is 14.3 Å². The van der Waals surface area contributed by atoms with Gasteiger partial charge in [-0.25, -0.2) is 0 Å². The fourth-order valence-corrected chi connectivity index (χ4v) is 4.74. The van der Waals surface area contributed by atoms with Gasteiger partial charge in [0.25, 0.3) is 5.91 Å². The lowest BCUT2D eigenvalue weighted by Gasteiger charge is -2.32. The van der Waals surface area contributed by atoms with Crippen molar-refractivity contribution in [1.82, 2.24) is 10.2 Å². The van der Waals surface area contributed by atoms with Gasteiger partial charge in [0, 0.05) is 39.6 Å². The summed E-state index contributed by atoms with van der Waals surface area (Å²) in [5.74, 6) is -0.00308. The summed E-state index contributed by atoms with van der Waals surface area (Å²) in [7, 11) is 0. The van der Waals surface area contributed by atoms with Gasteiger partial charge in [0.1, 0.15) is 11.8 Å². The van der Waals surface area contributed by atoms with Crippen molar-refractivity contribution in [3.05, 3.63) is 97.4 Å². The standard InChI is InChI=1S/C29H31BrCl2N2O3/c1-4-13-33-29(36)26(16-21-9-6-5-7-10-21)34(17-23-24(31)11-8-12-25(23)32)27(35)18-37-22-14-19(2)28(30)20(3)15-22/h5-12,14-15,26H,4,13,16-18H2,1-3H3,(H,33,36)/t26-/m0/s1. The average Bonchev–Trinajstić information content (AvgIpc) is 2.88. The number of carbonyl (C=O) groups is 2. The first-order valence-electron chi connectivity index (χ1n) is 12.1. The quantitative estimate of drug-likeness (QED) is 0.258. The molecule has 0 fully saturated rings. The van der Waals surface area contributed by atoms with Gasteiger partial charge < -0.3 is 15.0 Å². The van der Waals surface area contributed by atoms with Crippen molar-refractivity contribution in [2.75, 3.05) is 13.2 Å². The van der Waals surface area contributed by atoms with Crippen molar-refractivity contribution in [3.8, 4) is 5.75 Å². The molecule has 0 heterocycles. The minimum Gasteiger partial charge on any atom is -0.484 e. The Morgan fingerprint density at radius 3 is 2.22 bits per heavy atom. The maximum Gasteiger partial charge on any atom is 0.261 e. The number of hydrogen-bond donors (Lipinski definition) is 1.